The summed E-state index contributed by atoms with van der Waals surface area (Å²) in [5, 5.41) is 16.7. The molecule has 1 atom stereocenters. The number of nitriles is 1. The Hall–Kier alpha value is -3.28. The number of nitrogens with zero attached hydrogens (tertiary/aromatic N) is 5. The maximum absolute atomic E-state index is 12.2. The lowest BCUT2D eigenvalue weighted by Crippen LogP contribution is -2.32. The number of carbonyl (C=O) groups excluding carboxylic acids is 3. The summed E-state index contributed by atoms with van der Waals surface area (Å²) in [5.74, 6) is -1.93. The molecule has 132 valence electrons. The minimum Gasteiger partial charge on any atom is -0.325 e. The quantitative estimate of drug-likeness (QED) is 0.590. The third-order valence-corrected chi connectivity index (χ3v) is 4.71. The van der Waals surface area contributed by atoms with Crippen molar-refractivity contribution in [2.45, 2.75) is 25.3 Å². The molecule has 4 rings (SSSR count). The predicted molar refractivity (Wildman–Crippen MR) is 84.1 cm³/mol. The number of hydroxylamine groups is 2. The zero-order valence-corrected chi connectivity index (χ0v) is 13.9. The summed E-state index contributed by atoms with van der Waals surface area (Å²) < 4.78 is 0. The van der Waals surface area contributed by atoms with Gasteiger partial charge >= 0.3 is 5.97 Å². The molecule has 3 heterocycles. The number of azo groups is 1. The second-order valence-corrected chi connectivity index (χ2v) is 6.37. The maximum Gasteiger partial charge on any atom is 0.363 e. The van der Waals surface area contributed by atoms with Crippen LogP contribution < -0.4 is 0 Å². The largest absolute Gasteiger partial charge is 0.363 e. The lowest BCUT2D eigenvalue weighted by Gasteiger charge is -2.13. The first kappa shape index (κ1) is 16.2. The van der Waals surface area contributed by atoms with Gasteiger partial charge in [0.25, 0.3) is 11.8 Å². The Balaban J connectivity index is 1.55. The van der Waals surface area contributed by atoms with Gasteiger partial charge in [-0.1, -0.05) is 6.07 Å². The number of hydrogen-bond acceptors (Lipinski definition) is 7. The number of carbonyl (C=O) groups is 3. The minimum atomic E-state index is -0.843. The van der Waals surface area contributed by atoms with Crippen molar-refractivity contribution < 1.29 is 24.0 Å². The van der Waals surface area contributed by atoms with Gasteiger partial charge in [0.1, 0.15) is 6.54 Å². The van der Waals surface area contributed by atoms with Crippen molar-refractivity contribution >= 4 is 17.8 Å². The summed E-state index contributed by atoms with van der Waals surface area (Å²) in [6.07, 6.45) is 1.13. The Morgan fingerprint density at radius 3 is 2.77 bits per heavy atom. The summed E-state index contributed by atoms with van der Waals surface area (Å²) in [7, 11) is 0. The molecule has 0 saturated carbocycles. The van der Waals surface area contributed by atoms with Gasteiger partial charge in [-0.15, -0.1) is 5.06 Å². The molecule has 0 bridgehead atoms. The molecular formula is C17H16N5O4+. The van der Waals surface area contributed by atoms with E-state index < -0.39 is 17.8 Å². The van der Waals surface area contributed by atoms with Gasteiger partial charge in [-0.25, -0.2) is 4.79 Å². The average molecular weight is 354 g/mol. The minimum absolute atomic E-state index is 0.0324. The van der Waals surface area contributed by atoms with E-state index in [1.54, 1.807) is 6.07 Å². The molecule has 9 heteroatoms. The lowest BCUT2D eigenvalue weighted by molar-refractivity contribution is -0.706. The maximum atomic E-state index is 12.2. The van der Waals surface area contributed by atoms with E-state index in [0.717, 1.165) is 25.1 Å². The van der Waals surface area contributed by atoms with Crippen molar-refractivity contribution in [3.63, 3.8) is 0 Å². The molecular weight excluding hydrogens is 338 g/mol. The van der Waals surface area contributed by atoms with E-state index >= 15 is 0 Å². The summed E-state index contributed by atoms with van der Waals surface area (Å²) in [4.78, 5) is 42.2. The van der Waals surface area contributed by atoms with Crippen LogP contribution in [0.4, 0.5) is 0 Å². The highest BCUT2D eigenvalue weighted by molar-refractivity contribution is 6.02. The summed E-state index contributed by atoms with van der Waals surface area (Å²) in [5.41, 5.74) is 1.18. The van der Waals surface area contributed by atoms with Crippen LogP contribution in [0.3, 0.4) is 0 Å². The molecule has 0 aromatic heterocycles. The fraction of sp³-hybridized carbons (Fsp3) is 0.412. The molecule has 0 radical (unpaired) electrons. The third-order valence-electron chi connectivity index (χ3n) is 4.71. The van der Waals surface area contributed by atoms with Crippen molar-refractivity contribution in [1.82, 2.24) is 10.1 Å². The molecule has 2 saturated heterocycles. The fourth-order valence-corrected chi connectivity index (χ4v) is 3.39. The zero-order valence-electron chi connectivity index (χ0n) is 13.9. The number of amides is 2. The first-order chi connectivity index (χ1) is 12.6. The highest BCUT2D eigenvalue weighted by Gasteiger charge is 2.38. The van der Waals surface area contributed by atoms with Crippen LogP contribution in [0.5, 0.6) is 0 Å². The van der Waals surface area contributed by atoms with E-state index in [4.69, 9.17) is 4.84 Å². The van der Waals surface area contributed by atoms with Crippen molar-refractivity contribution in [2.75, 3.05) is 19.6 Å². The van der Waals surface area contributed by atoms with Gasteiger partial charge in [0.15, 0.2) is 6.04 Å². The molecule has 1 unspecified atom stereocenters. The van der Waals surface area contributed by atoms with E-state index in [0.29, 0.717) is 17.2 Å². The Bertz CT molecular complexity index is 872. The SMILES string of the molecule is N#Cc1cc(C(=O)ON2C(=O)CCC2=O)ccc1C1CN2CCC[N+]2=N1. The Kier molecular flexibility index (Phi) is 3.88. The van der Waals surface area contributed by atoms with Gasteiger partial charge < -0.3 is 4.84 Å². The van der Waals surface area contributed by atoms with Crippen molar-refractivity contribution in [3.05, 3.63) is 34.9 Å². The molecule has 1 aromatic carbocycles. The van der Waals surface area contributed by atoms with E-state index in [2.05, 4.69) is 16.2 Å². The monoisotopic (exact) mass is 354 g/mol. The summed E-state index contributed by atoms with van der Waals surface area (Å²) >= 11 is 0. The van der Waals surface area contributed by atoms with Gasteiger partial charge in [-0.05, 0) is 22.1 Å². The van der Waals surface area contributed by atoms with Gasteiger partial charge in [0.2, 0.25) is 6.54 Å². The van der Waals surface area contributed by atoms with Crippen molar-refractivity contribution in [3.8, 4) is 6.07 Å². The third kappa shape index (κ3) is 2.69. The Morgan fingerprint density at radius 2 is 2.08 bits per heavy atom. The second-order valence-electron chi connectivity index (χ2n) is 6.37. The van der Waals surface area contributed by atoms with Gasteiger partial charge in [0, 0.05) is 24.8 Å². The van der Waals surface area contributed by atoms with E-state index in [-0.39, 0.29) is 24.4 Å². The molecule has 0 N–H and O–H groups in total. The predicted octanol–water partition coefficient (Wildman–Crippen LogP) is 0.919. The van der Waals surface area contributed by atoms with Crippen LogP contribution in [-0.4, -0.2) is 52.3 Å². The van der Waals surface area contributed by atoms with Crippen LogP contribution in [-0.2, 0) is 14.4 Å². The number of imide groups is 1. The first-order valence-electron chi connectivity index (χ1n) is 8.42. The number of benzene rings is 1. The van der Waals surface area contributed by atoms with Crippen LogP contribution in [0.25, 0.3) is 0 Å². The van der Waals surface area contributed by atoms with Crippen LogP contribution in [0.15, 0.2) is 23.3 Å². The number of hydrogen-bond donors (Lipinski definition) is 0. The topological polar surface area (TPSA) is 106 Å². The van der Waals surface area contributed by atoms with Gasteiger partial charge in [0.05, 0.1) is 23.7 Å². The summed E-state index contributed by atoms with van der Waals surface area (Å²) in [6, 6.07) is 6.56. The second kappa shape index (κ2) is 6.22. The standard InChI is InChI=1S/C17H16N5O4/c18-9-12-8-11(17(25)26-22-15(23)4-5-16(22)24)2-3-13(12)14-10-20-6-1-7-21(20)19-14/h2-3,8,14H,1,4-7,10H2/q+1. The van der Waals surface area contributed by atoms with Gasteiger partial charge in [-0.2, -0.15) is 10.3 Å². The highest BCUT2D eigenvalue weighted by atomic mass is 16.7. The van der Waals surface area contributed by atoms with E-state index in [1.165, 1.54) is 12.1 Å². The fourth-order valence-electron chi connectivity index (χ4n) is 3.39. The smallest absolute Gasteiger partial charge is 0.325 e. The molecule has 26 heavy (non-hydrogen) atoms. The highest BCUT2D eigenvalue weighted by Crippen LogP contribution is 2.30. The molecule has 1 aromatic rings. The van der Waals surface area contributed by atoms with E-state index in [1.807, 2.05) is 4.81 Å². The molecule has 2 fully saturated rings. The van der Waals surface area contributed by atoms with Crippen LogP contribution in [0.1, 0.15) is 46.8 Å². The van der Waals surface area contributed by atoms with E-state index in [9.17, 15) is 19.6 Å². The normalized spacial score (nSPS) is 21.7. The lowest BCUT2D eigenvalue weighted by atomic mass is 9.99. The van der Waals surface area contributed by atoms with Gasteiger partial charge in [-0.3, -0.25) is 9.59 Å². The van der Waals surface area contributed by atoms with Crippen molar-refractivity contribution in [2.24, 2.45) is 5.11 Å². The Morgan fingerprint density at radius 1 is 1.31 bits per heavy atom. The van der Waals surface area contributed by atoms with Crippen molar-refractivity contribution in [1.29, 1.82) is 5.26 Å². The zero-order chi connectivity index (χ0) is 18.3. The Labute approximate surface area is 149 Å². The molecule has 3 aliphatic heterocycles. The summed E-state index contributed by atoms with van der Waals surface area (Å²) in [6.45, 7) is 2.53. The average Bonchev–Trinajstić information content (AvgIpc) is 3.32. The molecule has 9 nitrogen and oxygen atoms in total. The number of hydrazine groups is 1. The van der Waals surface area contributed by atoms with Crippen LogP contribution in [0, 0.1) is 11.3 Å². The molecule has 3 aliphatic rings. The van der Waals surface area contributed by atoms with Crippen LogP contribution >= 0.6 is 0 Å². The van der Waals surface area contributed by atoms with Crippen LogP contribution in [0.2, 0.25) is 0 Å². The number of rotatable bonds is 3. The first-order valence-corrected chi connectivity index (χ1v) is 8.42. The molecule has 0 spiro atoms. The number of fused-ring (bicyclic) bond motifs is 1. The molecule has 2 amide bonds. The molecule has 0 aliphatic carbocycles.